The van der Waals surface area contributed by atoms with Gasteiger partial charge in [-0.2, -0.15) is 0 Å². The maximum absolute atomic E-state index is 2.69. The first-order valence-corrected chi connectivity index (χ1v) is 5.57. The second kappa shape index (κ2) is 2.98. The molecule has 2 atom stereocenters. The molecule has 0 aromatic heterocycles. The third-order valence-electron chi connectivity index (χ3n) is 3.79. The number of piperidine rings is 2. The lowest BCUT2D eigenvalue weighted by molar-refractivity contribution is 0.136. The van der Waals surface area contributed by atoms with E-state index in [1.54, 1.807) is 5.57 Å². The number of fused-ring (bicyclic) bond motifs is 3. The smallest absolute Gasteiger partial charge is 0.0316 e. The van der Waals surface area contributed by atoms with Crippen molar-refractivity contribution in [1.29, 1.82) is 0 Å². The van der Waals surface area contributed by atoms with Crippen molar-refractivity contribution < 1.29 is 0 Å². The molecule has 2 saturated heterocycles. The molecule has 2 heterocycles. The molecule has 0 N–H and O–H groups in total. The van der Waals surface area contributed by atoms with Crippen molar-refractivity contribution in [2.24, 2.45) is 5.92 Å². The molecular formula is C12H17N. The van der Waals surface area contributed by atoms with Gasteiger partial charge in [-0.05, 0) is 37.9 Å². The molecule has 0 aromatic carbocycles. The lowest BCUT2D eigenvalue weighted by Crippen LogP contribution is -2.46. The molecule has 2 unspecified atom stereocenters. The summed E-state index contributed by atoms with van der Waals surface area (Å²) in [4.78, 5) is 2.69. The zero-order valence-corrected chi connectivity index (χ0v) is 8.08. The lowest BCUT2D eigenvalue weighted by atomic mass is 9.83. The van der Waals surface area contributed by atoms with E-state index in [0.717, 1.165) is 12.0 Å². The minimum Gasteiger partial charge on any atom is -0.297 e. The monoisotopic (exact) mass is 175 g/mol. The highest BCUT2D eigenvalue weighted by Crippen LogP contribution is 2.37. The van der Waals surface area contributed by atoms with Gasteiger partial charge >= 0.3 is 0 Å². The Morgan fingerprint density at radius 1 is 1.15 bits per heavy atom. The zero-order chi connectivity index (χ0) is 8.67. The van der Waals surface area contributed by atoms with Crippen LogP contribution < -0.4 is 0 Å². The first-order valence-electron chi connectivity index (χ1n) is 5.57. The highest BCUT2D eigenvalue weighted by atomic mass is 15.2. The Hall–Kier alpha value is -0.560. The average Bonchev–Trinajstić information content (AvgIpc) is 2.65. The van der Waals surface area contributed by atoms with Crippen LogP contribution in [0, 0.1) is 5.92 Å². The maximum atomic E-state index is 2.69. The summed E-state index contributed by atoms with van der Waals surface area (Å²) in [5.74, 6) is 0.805. The first kappa shape index (κ1) is 7.81. The van der Waals surface area contributed by atoms with Crippen LogP contribution in [-0.4, -0.2) is 24.0 Å². The largest absolute Gasteiger partial charge is 0.297 e. The molecular weight excluding hydrogens is 158 g/mol. The molecule has 0 radical (unpaired) electrons. The van der Waals surface area contributed by atoms with Gasteiger partial charge in [-0.25, -0.2) is 0 Å². The summed E-state index contributed by atoms with van der Waals surface area (Å²) in [6, 6.07) is 0.808. The number of hydrogen-bond donors (Lipinski definition) is 0. The summed E-state index contributed by atoms with van der Waals surface area (Å²) < 4.78 is 0. The van der Waals surface area contributed by atoms with Crippen molar-refractivity contribution in [3.63, 3.8) is 0 Å². The molecule has 0 aromatic rings. The van der Waals surface area contributed by atoms with Gasteiger partial charge in [0, 0.05) is 12.0 Å². The summed E-state index contributed by atoms with van der Waals surface area (Å²) in [5.41, 5.74) is 1.71. The summed E-state index contributed by atoms with van der Waals surface area (Å²) in [7, 11) is 0. The molecule has 0 bridgehead atoms. The molecule has 2 fully saturated rings. The summed E-state index contributed by atoms with van der Waals surface area (Å²) in [6.45, 7) is 2.67. The first-order chi connectivity index (χ1) is 6.45. The lowest BCUT2D eigenvalue weighted by Gasteiger charge is -2.42. The number of rotatable bonds is 0. The van der Waals surface area contributed by atoms with Crippen molar-refractivity contribution in [2.45, 2.75) is 31.7 Å². The molecule has 3 rings (SSSR count). The Morgan fingerprint density at radius 3 is 3.15 bits per heavy atom. The van der Waals surface area contributed by atoms with Gasteiger partial charge in [-0.3, -0.25) is 4.90 Å². The van der Waals surface area contributed by atoms with E-state index in [0.29, 0.717) is 0 Å². The number of hydrogen-bond acceptors (Lipinski definition) is 1. The molecule has 0 amide bonds. The van der Waals surface area contributed by atoms with E-state index in [2.05, 4.69) is 23.1 Å². The summed E-state index contributed by atoms with van der Waals surface area (Å²) in [6.07, 6.45) is 12.6. The van der Waals surface area contributed by atoms with Crippen LogP contribution >= 0.6 is 0 Å². The Morgan fingerprint density at radius 2 is 2.15 bits per heavy atom. The molecule has 0 spiro atoms. The van der Waals surface area contributed by atoms with Gasteiger partial charge in [0.15, 0.2) is 0 Å². The standard InChI is InChI=1S/C12H17N/c1-2-8-13-9-7-10-4-3-5-11(10)12(13)6-1/h3-5,10,12H,1-2,6-9H2. The second-order valence-corrected chi connectivity index (χ2v) is 4.49. The zero-order valence-electron chi connectivity index (χ0n) is 8.08. The highest BCUT2D eigenvalue weighted by Gasteiger charge is 2.34. The van der Waals surface area contributed by atoms with Crippen molar-refractivity contribution in [3.8, 4) is 0 Å². The predicted octanol–water partition coefficient (Wildman–Crippen LogP) is 2.36. The van der Waals surface area contributed by atoms with E-state index in [-0.39, 0.29) is 0 Å². The van der Waals surface area contributed by atoms with E-state index in [1.165, 1.54) is 38.8 Å². The van der Waals surface area contributed by atoms with Crippen LogP contribution in [0.5, 0.6) is 0 Å². The Balaban J connectivity index is 1.86. The van der Waals surface area contributed by atoms with Gasteiger partial charge in [0.2, 0.25) is 0 Å². The molecule has 1 nitrogen and oxygen atoms in total. The van der Waals surface area contributed by atoms with Crippen molar-refractivity contribution in [1.82, 2.24) is 4.90 Å². The number of nitrogens with zero attached hydrogens (tertiary/aromatic N) is 1. The normalized spacial score (nSPS) is 38.3. The van der Waals surface area contributed by atoms with E-state index >= 15 is 0 Å². The molecule has 13 heavy (non-hydrogen) atoms. The van der Waals surface area contributed by atoms with E-state index < -0.39 is 0 Å². The SMILES string of the molecule is C1=CC2CCN3CCCCC3C2=C1. The fourth-order valence-corrected chi connectivity index (χ4v) is 3.10. The summed E-state index contributed by atoms with van der Waals surface area (Å²) >= 11 is 0. The fourth-order valence-electron chi connectivity index (χ4n) is 3.10. The molecule has 3 aliphatic rings. The van der Waals surface area contributed by atoms with Crippen LogP contribution in [0.3, 0.4) is 0 Å². The Labute approximate surface area is 80.1 Å². The highest BCUT2D eigenvalue weighted by molar-refractivity contribution is 5.33. The van der Waals surface area contributed by atoms with Crippen LogP contribution in [0.25, 0.3) is 0 Å². The van der Waals surface area contributed by atoms with Crippen molar-refractivity contribution in [3.05, 3.63) is 23.8 Å². The number of allylic oxidation sites excluding steroid dienone is 3. The van der Waals surface area contributed by atoms with E-state index in [1.807, 2.05) is 0 Å². The van der Waals surface area contributed by atoms with Gasteiger partial charge in [0.25, 0.3) is 0 Å². The van der Waals surface area contributed by atoms with Gasteiger partial charge in [-0.15, -0.1) is 0 Å². The fraction of sp³-hybridized carbons (Fsp3) is 0.667. The van der Waals surface area contributed by atoms with E-state index in [9.17, 15) is 0 Å². The van der Waals surface area contributed by atoms with Crippen LogP contribution in [-0.2, 0) is 0 Å². The minimum atomic E-state index is 0.805. The van der Waals surface area contributed by atoms with Gasteiger partial charge < -0.3 is 0 Å². The van der Waals surface area contributed by atoms with Gasteiger partial charge in [0.05, 0.1) is 0 Å². The summed E-state index contributed by atoms with van der Waals surface area (Å²) in [5, 5.41) is 0. The minimum absolute atomic E-state index is 0.805. The van der Waals surface area contributed by atoms with Crippen LogP contribution in [0.2, 0.25) is 0 Å². The van der Waals surface area contributed by atoms with Crippen LogP contribution in [0.4, 0.5) is 0 Å². The Kier molecular flexibility index (Phi) is 1.79. The van der Waals surface area contributed by atoms with Crippen molar-refractivity contribution in [2.75, 3.05) is 13.1 Å². The second-order valence-electron chi connectivity index (χ2n) is 4.49. The maximum Gasteiger partial charge on any atom is 0.0316 e. The van der Waals surface area contributed by atoms with Crippen LogP contribution in [0.15, 0.2) is 23.8 Å². The molecule has 1 heteroatoms. The third kappa shape index (κ3) is 1.18. The van der Waals surface area contributed by atoms with Gasteiger partial charge in [-0.1, -0.05) is 24.6 Å². The van der Waals surface area contributed by atoms with Crippen molar-refractivity contribution >= 4 is 0 Å². The van der Waals surface area contributed by atoms with Crippen LogP contribution in [0.1, 0.15) is 25.7 Å². The molecule has 0 saturated carbocycles. The molecule has 1 aliphatic carbocycles. The van der Waals surface area contributed by atoms with E-state index in [4.69, 9.17) is 0 Å². The average molecular weight is 175 g/mol. The molecule has 2 aliphatic heterocycles. The molecule has 70 valence electrons. The van der Waals surface area contributed by atoms with Gasteiger partial charge in [0.1, 0.15) is 0 Å². The predicted molar refractivity (Wildman–Crippen MR) is 54.5 cm³/mol. The topological polar surface area (TPSA) is 3.24 Å². The third-order valence-corrected chi connectivity index (χ3v) is 3.79. The Bertz CT molecular complexity index is 264. The quantitative estimate of drug-likeness (QED) is 0.546.